The highest BCUT2D eigenvalue weighted by Gasteiger charge is 2.51. The predicted molar refractivity (Wildman–Crippen MR) is 279 cm³/mol. The summed E-state index contributed by atoms with van der Waals surface area (Å²) in [6.07, 6.45) is 0. The molecule has 1 spiro atoms. The van der Waals surface area contributed by atoms with Gasteiger partial charge in [0.05, 0.1) is 47.9 Å². The number of nitrogens with zero attached hydrogens (tertiary/aromatic N) is 1. The Morgan fingerprint density at radius 2 is 1.03 bits per heavy atom. The van der Waals surface area contributed by atoms with Crippen LogP contribution in [0.5, 0.6) is 0 Å². The van der Waals surface area contributed by atoms with Crippen molar-refractivity contribution in [1.82, 2.24) is 0 Å². The summed E-state index contributed by atoms with van der Waals surface area (Å²) in [4.78, 5) is 0.900. The smallest absolute Gasteiger partial charge is 0.136 e. The quantitative estimate of drug-likeness (QED) is 0.165. The van der Waals surface area contributed by atoms with Gasteiger partial charge >= 0.3 is 0 Å². The van der Waals surface area contributed by atoms with Crippen LogP contribution < -0.4 is 4.90 Å². The minimum Gasteiger partial charge on any atom is -0.456 e. The highest BCUT2D eigenvalue weighted by molar-refractivity contribution is 6.09. The third kappa shape index (κ3) is 5.57. The van der Waals surface area contributed by atoms with Crippen molar-refractivity contribution < 1.29 is 46.9 Å². The van der Waals surface area contributed by atoms with E-state index in [0.29, 0.717) is 0 Å². The second-order valence-electron chi connectivity index (χ2n) is 15.5. The van der Waals surface area contributed by atoms with Gasteiger partial charge in [0.1, 0.15) is 11.2 Å². The molecule has 0 fully saturated rings. The van der Waals surface area contributed by atoms with Gasteiger partial charge in [0.15, 0.2) is 0 Å². The van der Waals surface area contributed by atoms with Crippen LogP contribution in [0.1, 0.15) is 64.7 Å². The Balaban J connectivity index is 1.11. The summed E-state index contributed by atoms with van der Waals surface area (Å²) in [6, 6.07) is -10.5. The van der Waals surface area contributed by atoms with Gasteiger partial charge in [-0.05, 0) is 143 Å². The fourth-order valence-electron chi connectivity index (χ4n) is 9.35. The number of fused-ring (bicyclic) bond motifs is 14. The van der Waals surface area contributed by atoms with Gasteiger partial charge in [-0.15, -0.1) is 0 Å². The lowest BCUT2D eigenvalue weighted by Crippen LogP contribution is -2.26. The molecule has 0 saturated heterocycles. The Bertz CT molecular complexity index is 5790. The molecule has 2 aliphatic rings. The Morgan fingerprint density at radius 3 is 1.90 bits per heavy atom. The van der Waals surface area contributed by atoms with Crippen LogP contribution in [0.15, 0.2) is 252 Å². The first-order valence-corrected chi connectivity index (χ1v) is 20.6. The van der Waals surface area contributed by atoms with Crippen molar-refractivity contribution in [1.29, 1.82) is 0 Å². The molecule has 1 unspecified atom stereocenters. The zero-order valence-corrected chi connectivity index (χ0v) is 34.1. The van der Waals surface area contributed by atoms with E-state index in [1.807, 2.05) is 0 Å². The first kappa shape index (κ1) is 18.3. The molecule has 0 aliphatic heterocycles. The molecule has 67 heavy (non-hydrogen) atoms. The monoisotopic (exact) mass is 883 g/mol. The van der Waals surface area contributed by atoms with E-state index in [2.05, 4.69) is 0 Å². The highest BCUT2D eigenvalue weighted by Crippen LogP contribution is 2.63. The number of anilines is 3. The summed E-state index contributed by atoms with van der Waals surface area (Å²) in [5.74, 6) is 0. The lowest BCUT2D eigenvalue weighted by Gasteiger charge is -2.32. The zero-order chi connectivity index (χ0) is 71.0. The number of furan rings is 1. The minimum absolute atomic E-state index is 0.159. The summed E-state index contributed by atoms with van der Waals surface area (Å²) >= 11 is 0. The van der Waals surface area contributed by atoms with E-state index in [4.69, 9.17) is 26.3 Å². The van der Waals surface area contributed by atoms with E-state index in [-0.39, 0.29) is 83.3 Å². The largest absolute Gasteiger partial charge is 0.456 e. The van der Waals surface area contributed by atoms with Gasteiger partial charge in [0.25, 0.3) is 0 Å². The fourth-order valence-corrected chi connectivity index (χ4v) is 9.35. The van der Waals surface area contributed by atoms with E-state index in [0.717, 1.165) is 29.2 Å². The van der Waals surface area contributed by atoms with E-state index < -0.39 is 237 Å². The average molecular weight is 883 g/mol. The van der Waals surface area contributed by atoms with Crippen molar-refractivity contribution >= 4 is 49.8 Å². The van der Waals surface area contributed by atoms with Crippen LogP contribution in [-0.2, 0) is 5.41 Å². The van der Waals surface area contributed by atoms with Crippen LogP contribution in [0.2, 0.25) is 0 Å². The molecular weight excluding hydrogens is 811 g/mol. The Morgan fingerprint density at radius 1 is 0.343 bits per heavy atom. The predicted octanol–water partition coefficient (Wildman–Crippen LogP) is 17.6. The van der Waals surface area contributed by atoms with Gasteiger partial charge in [0, 0.05) is 27.8 Å². The zero-order valence-electron chi connectivity index (χ0n) is 65.1. The number of para-hydroxylation sites is 1. The molecule has 0 N–H and O–H groups in total. The summed E-state index contributed by atoms with van der Waals surface area (Å²) < 4.78 is 292. The maximum atomic E-state index is 10.8. The first-order chi connectivity index (χ1) is 46.1. The summed E-state index contributed by atoms with van der Waals surface area (Å²) in [7, 11) is 0. The standard InChI is InChI=1S/C65H41NO/c1-2-14-42(15-3-1)43-26-32-47(33-27-43)66(49-36-39-55-54-20-8-12-24-60(54)65(61(55)41-49)58-22-10-6-18-52(58)53-19-7-11-23-59(53)65)48-34-28-45(29-35-48)51-37-30-44-16-4-5-17-50(44)64(51)46-31-38-57-56-21-9-13-25-62(56)67-63(57)40-46/h1-41H/i1D,2D,4D,5D,6D,7D,8D,9D,10D,11D,12D,13D,14D,16D,17D,18D,19D,20D,21D,22D,25D,26D,28D,31D,32D,33D,36D,38D,39D,40D,41D. The Labute approximate surface area is 432 Å². The van der Waals surface area contributed by atoms with Gasteiger partial charge in [-0.2, -0.15) is 0 Å². The van der Waals surface area contributed by atoms with Crippen molar-refractivity contribution in [2.24, 2.45) is 0 Å². The molecule has 0 radical (unpaired) electrons. The fraction of sp³-hybridized carbons (Fsp3) is 0.0154. The Hall–Kier alpha value is -8.72. The molecule has 0 saturated carbocycles. The highest BCUT2D eigenvalue weighted by atomic mass is 16.3. The third-order valence-electron chi connectivity index (χ3n) is 12.2. The van der Waals surface area contributed by atoms with E-state index >= 15 is 0 Å². The van der Waals surface area contributed by atoms with Crippen molar-refractivity contribution in [3.8, 4) is 55.6 Å². The summed E-state index contributed by atoms with van der Waals surface area (Å²) in [5.41, 5.74) is -9.93. The average Bonchev–Trinajstić information content (AvgIpc) is 1.48. The lowest BCUT2D eigenvalue weighted by atomic mass is 9.70. The molecule has 1 heterocycles. The SMILES string of the molecule is [2H]c1cc(N(c2c([2H])cc(-c3ccc([2H])c([2H])c3[2H])c([2H])c2[2H])c2c([2H])c([2H])c3c(c2[2H])C2(c4cc([2H])c([2H])c([2H])c4-c4c([2H])c([2H])c([2H])c([2H])c42)c2cc([2H])c([2H])c([2H])c2-3)ccc1-c1ccc2c([2H])c([2H])c([2H])c([2H])c2c1-c1c([2H])c([2H])c2c(oc3c([2H])c([2H])c([2H])c([2H])c32)c1[2H]. The molecule has 2 nitrogen and oxygen atoms in total. The molecule has 0 bridgehead atoms. The van der Waals surface area contributed by atoms with E-state index in [1.165, 1.54) is 36.4 Å². The molecule has 1 atom stereocenters. The van der Waals surface area contributed by atoms with Gasteiger partial charge in [-0.1, -0.05) is 194 Å². The first-order valence-electron chi connectivity index (χ1n) is 36.1. The molecule has 2 heteroatoms. The number of hydrogen-bond acceptors (Lipinski definition) is 2. The van der Waals surface area contributed by atoms with E-state index in [9.17, 15) is 20.6 Å². The molecule has 11 aromatic carbocycles. The van der Waals surface area contributed by atoms with Crippen molar-refractivity contribution in [3.05, 3.63) is 270 Å². The molecule has 12 aromatic rings. The second-order valence-corrected chi connectivity index (χ2v) is 15.5. The number of rotatable bonds is 6. The lowest BCUT2D eigenvalue weighted by molar-refractivity contribution is 0.669. The summed E-state index contributed by atoms with van der Waals surface area (Å²) in [5, 5.41) is -1.18. The normalized spacial score (nSPS) is 20.8. The van der Waals surface area contributed by atoms with Crippen LogP contribution in [-0.4, -0.2) is 0 Å². The van der Waals surface area contributed by atoms with Crippen molar-refractivity contribution in [2.45, 2.75) is 5.41 Å². The van der Waals surface area contributed by atoms with Crippen molar-refractivity contribution in [2.75, 3.05) is 4.90 Å². The van der Waals surface area contributed by atoms with Crippen LogP contribution in [0.25, 0.3) is 88.3 Å². The molecular formula is C65H41NO. The van der Waals surface area contributed by atoms with Crippen LogP contribution >= 0.6 is 0 Å². The van der Waals surface area contributed by atoms with Crippen LogP contribution in [0.3, 0.4) is 0 Å². The van der Waals surface area contributed by atoms with Crippen LogP contribution in [0.4, 0.5) is 17.1 Å². The van der Waals surface area contributed by atoms with Gasteiger partial charge in [-0.3, -0.25) is 0 Å². The second kappa shape index (κ2) is 14.7. The number of benzene rings is 11. The van der Waals surface area contributed by atoms with Crippen molar-refractivity contribution in [3.63, 3.8) is 0 Å². The maximum Gasteiger partial charge on any atom is 0.136 e. The maximum absolute atomic E-state index is 10.8. The minimum atomic E-state index is -2.50. The molecule has 312 valence electrons. The Kier molecular flexibility index (Phi) is 4.00. The van der Waals surface area contributed by atoms with E-state index in [1.54, 1.807) is 0 Å². The van der Waals surface area contributed by atoms with Gasteiger partial charge < -0.3 is 9.32 Å². The number of hydrogen-bond donors (Lipinski definition) is 0. The summed E-state index contributed by atoms with van der Waals surface area (Å²) in [6.45, 7) is 0. The van der Waals surface area contributed by atoms with Gasteiger partial charge in [0.2, 0.25) is 0 Å². The molecule has 0 amide bonds. The van der Waals surface area contributed by atoms with Gasteiger partial charge in [-0.25, -0.2) is 0 Å². The molecule has 1 aromatic heterocycles. The molecule has 2 aliphatic carbocycles. The molecule has 14 rings (SSSR count). The topological polar surface area (TPSA) is 16.4 Å². The third-order valence-corrected chi connectivity index (χ3v) is 12.2. The van der Waals surface area contributed by atoms with Crippen LogP contribution in [0, 0.1) is 0 Å².